The molecule has 0 bridgehead atoms. The Balaban J connectivity index is 2.19. The minimum absolute atomic E-state index is 0.125. The number of aryl methyl sites for hydroxylation is 2. The molecule has 3 heteroatoms. The Morgan fingerprint density at radius 3 is 2.35 bits per heavy atom. The molecule has 0 amide bonds. The summed E-state index contributed by atoms with van der Waals surface area (Å²) in [7, 11) is 0. The molecule has 3 aromatic rings. The second-order valence-electron chi connectivity index (χ2n) is 5.14. The van der Waals surface area contributed by atoms with Gasteiger partial charge in [-0.3, -0.25) is 4.79 Å². The van der Waals surface area contributed by atoms with Crippen LogP contribution in [0.25, 0.3) is 10.8 Å². The highest BCUT2D eigenvalue weighted by Crippen LogP contribution is 2.20. The van der Waals surface area contributed by atoms with E-state index in [0.717, 1.165) is 23.1 Å². The van der Waals surface area contributed by atoms with Gasteiger partial charge in [0.1, 0.15) is 0 Å². The van der Waals surface area contributed by atoms with Gasteiger partial charge in [-0.15, -0.1) is 0 Å². The molecular weight excluding hydrogens is 248 g/mol. The fourth-order valence-electron chi connectivity index (χ4n) is 2.41. The maximum Gasteiger partial charge on any atom is 0.272 e. The number of aromatic nitrogens is 2. The topological polar surface area (TPSA) is 45.8 Å². The molecule has 0 spiro atoms. The second-order valence-corrected chi connectivity index (χ2v) is 5.14. The van der Waals surface area contributed by atoms with Crippen molar-refractivity contribution in [3.8, 4) is 0 Å². The molecule has 2 aromatic carbocycles. The number of fused-ring (bicyclic) bond motifs is 1. The lowest BCUT2D eigenvalue weighted by Gasteiger charge is -2.08. The summed E-state index contributed by atoms with van der Waals surface area (Å²) in [5.74, 6) is 0. The van der Waals surface area contributed by atoms with E-state index in [-0.39, 0.29) is 5.56 Å². The van der Waals surface area contributed by atoms with Crippen molar-refractivity contribution in [1.29, 1.82) is 0 Å². The molecule has 0 aliphatic carbocycles. The van der Waals surface area contributed by atoms with Crippen molar-refractivity contribution in [2.75, 3.05) is 0 Å². The van der Waals surface area contributed by atoms with Gasteiger partial charge in [0.05, 0.1) is 11.1 Å². The number of H-pyrrole nitrogens is 1. The lowest BCUT2D eigenvalue weighted by Crippen LogP contribution is -2.12. The smallest absolute Gasteiger partial charge is 0.267 e. The predicted molar refractivity (Wildman–Crippen MR) is 81.1 cm³/mol. The summed E-state index contributed by atoms with van der Waals surface area (Å²) in [4.78, 5) is 11.9. The molecule has 3 nitrogen and oxygen atoms in total. The quantitative estimate of drug-likeness (QED) is 0.773. The van der Waals surface area contributed by atoms with Crippen molar-refractivity contribution >= 4 is 10.8 Å². The van der Waals surface area contributed by atoms with Crippen LogP contribution in [0, 0.1) is 13.8 Å². The van der Waals surface area contributed by atoms with E-state index < -0.39 is 0 Å². The van der Waals surface area contributed by atoms with Crippen LogP contribution < -0.4 is 5.56 Å². The highest BCUT2D eigenvalue weighted by Gasteiger charge is 2.09. The fraction of sp³-hybridized carbons (Fsp3) is 0.176. The zero-order chi connectivity index (χ0) is 14.1. The predicted octanol–water partition coefficient (Wildman–Crippen LogP) is 3.13. The van der Waals surface area contributed by atoms with Gasteiger partial charge in [-0.25, -0.2) is 5.10 Å². The lowest BCUT2D eigenvalue weighted by atomic mass is 10.00. The largest absolute Gasteiger partial charge is 0.272 e. The summed E-state index contributed by atoms with van der Waals surface area (Å²) in [6, 6.07) is 14.2. The third kappa shape index (κ3) is 2.23. The highest BCUT2D eigenvalue weighted by atomic mass is 16.1. The van der Waals surface area contributed by atoms with Gasteiger partial charge in [0.15, 0.2) is 0 Å². The summed E-state index contributed by atoms with van der Waals surface area (Å²) >= 11 is 0. The Hall–Kier alpha value is -2.42. The lowest BCUT2D eigenvalue weighted by molar-refractivity contribution is 0.933. The molecule has 0 atom stereocenters. The molecule has 0 aliphatic heterocycles. The van der Waals surface area contributed by atoms with Crippen LogP contribution in [-0.4, -0.2) is 10.2 Å². The Bertz CT molecular complexity index is 820. The van der Waals surface area contributed by atoms with E-state index in [2.05, 4.69) is 35.3 Å². The van der Waals surface area contributed by atoms with Gasteiger partial charge in [0.25, 0.3) is 5.56 Å². The summed E-state index contributed by atoms with van der Waals surface area (Å²) in [6.07, 6.45) is 0.719. The van der Waals surface area contributed by atoms with Gasteiger partial charge in [-0.2, -0.15) is 5.10 Å². The summed E-state index contributed by atoms with van der Waals surface area (Å²) < 4.78 is 0. The van der Waals surface area contributed by atoms with Crippen LogP contribution in [0.4, 0.5) is 0 Å². The van der Waals surface area contributed by atoms with E-state index in [1.807, 2.05) is 31.2 Å². The van der Waals surface area contributed by atoms with E-state index in [0.29, 0.717) is 5.39 Å². The first-order valence-electron chi connectivity index (χ1n) is 6.67. The third-order valence-corrected chi connectivity index (χ3v) is 3.70. The SMILES string of the molecule is Cc1cc2c(Cc3ccccc3)n[nH]c(=O)c2cc1C. The van der Waals surface area contributed by atoms with Gasteiger partial charge in [-0.1, -0.05) is 30.3 Å². The Labute approximate surface area is 117 Å². The van der Waals surface area contributed by atoms with Crippen LogP contribution in [0.1, 0.15) is 22.4 Å². The zero-order valence-corrected chi connectivity index (χ0v) is 11.6. The van der Waals surface area contributed by atoms with Crippen molar-refractivity contribution in [2.24, 2.45) is 0 Å². The Kier molecular flexibility index (Phi) is 3.11. The number of nitrogens with one attached hydrogen (secondary N) is 1. The Morgan fingerprint density at radius 2 is 1.65 bits per heavy atom. The number of hydrogen-bond acceptors (Lipinski definition) is 2. The second kappa shape index (κ2) is 4.93. The molecule has 0 unspecified atom stereocenters. The van der Waals surface area contributed by atoms with E-state index in [9.17, 15) is 4.79 Å². The number of hydrogen-bond donors (Lipinski definition) is 1. The molecule has 0 saturated carbocycles. The fourth-order valence-corrected chi connectivity index (χ4v) is 2.41. The van der Waals surface area contributed by atoms with Gasteiger partial charge in [0.2, 0.25) is 0 Å². The van der Waals surface area contributed by atoms with Gasteiger partial charge in [0, 0.05) is 11.8 Å². The molecule has 0 saturated heterocycles. The van der Waals surface area contributed by atoms with E-state index >= 15 is 0 Å². The first-order chi connectivity index (χ1) is 9.65. The molecular formula is C17H16N2O. The zero-order valence-electron chi connectivity index (χ0n) is 11.6. The maximum atomic E-state index is 11.9. The van der Waals surface area contributed by atoms with Crippen LogP contribution in [0.2, 0.25) is 0 Å². The summed E-state index contributed by atoms with van der Waals surface area (Å²) in [6.45, 7) is 4.08. The minimum Gasteiger partial charge on any atom is -0.267 e. The van der Waals surface area contributed by atoms with Crippen molar-refractivity contribution in [2.45, 2.75) is 20.3 Å². The number of benzene rings is 2. The third-order valence-electron chi connectivity index (χ3n) is 3.70. The van der Waals surface area contributed by atoms with Crippen molar-refractivity contribution < 1.29 is 0 Å². The normalized spacial score (nSPS) is 10.9. The Morgan fingerprint density at radius 1 is 1.00 bits per heavy atom. The molecule has 0 radical (unpaired) electrons. The molecule has 1 heterocycles. The van der Waals surface area contributed by atoms with Crippen LogP contribution >= 0.6 is 0 Å². The van der Waals surface area contributed by atoms with Crippen LogP contribution in [0.3, 0.4) is 0 Å². The average Bonchev–Trinajstić information content (AvgIpc) is 2.45. The molecule has 3 rings (SSSR count). The van der Waals surface area contributed by atoms with Crippen LogP contribution in [0.15, 0.2) is 47.3 Å². The first-order valence-corrected chi connectivity index (χ1v) is 6.67. The van der Waals surface area contributed by atoms with Crippen molar-refractivity contribution in [3.05, 3.63) is 75.2 Å². The van der Waals surface area contributed by atoms with Gasteiger partial charge in [-0.05, 0) is 42.7 Å². The van der Waals surface area contributed by atoms with E-state index in [4.69, 9.17) is 0 Å². The molecule has 1 aromatic heterocycles. The molecule has 1 N–H and O–H groups in total. The van der Waals surface area contributed by atoms with E-state index in [1.54, 1.807) is 0 Å². The number of rotatable bonds is 2. The standard InChI is InChI=1S/C17H16N2O/c1-11-8-14-15(9-12(11)2)17(20)19-18-16(14)10-13-6-4-3-5-7-13/h3-9H,10H2,1-2H3,(H,19,20). The van der Waals surface area contributed by atoms with Crippen molar-refractivity contribution in [3.63, 3.8) is 0 Å². The molecule has 20 heavy (non-hydrogen) atoms. The number of nitrogens with zero attached hydrogens (tertiary/aromatic N) is 1. The molecule has 0 fully saturated rings. The number of aromatic amines is 1. The first kappa shape index (κ1) is 12.6. The summed E-state index contributed by atoms with van der Waals surface area (Å²) in [5.41, 5.74) is 4.28. The minimum atomic E-state index is -0.125. The van der Waals surface area contributed by atoms with Crippen LogP contribution in [0.5, 0.6) is 0 Å². The summed E-state index contributed by atoms with van der Waals surface area (Å²) in [5, 5.41) is 8.50. The monoisotopic (exact) mass is 264 g/mol. The van der Waals surface area contributed by atoms with Gasteiger partial charge < -0.3 is 0 Å². The maximum absolute atomic E-state index is 11.9. The molecule has 100 valence electrons. The van der Waals surface area contributed by atoms with Crippen LogP contribution in [-0.2, 0) is 6.42 Å². The van der Waals surface area contributed by atoms with Crippen molar-refractivity contribution in [1.82, 2.24) is 10.2 Å². The molecule has 0 aliphatic rings. The van der Waals surface area contributed by atoms with Gasteiger partial charge >= 0.3 is 0 Å². The highest BCUT2D eigenvalue weighted by molar-refractivity contribution is 5.85. The average molecular weight is 264 g/mol. The van der Waals surface area contributed by atoms with E-state index in [1.165, 1.54) is 11.1 Å².